The zero-order chi connectivity index (χ0) is 19.0. The zero-order valence-corrected chi connectivity index (χ0v) is 17.8. The average Bonchev–Trinajstić information content (AvgIpc) is 2.99. The predicted octanol–water partition coefficient (Wildman–Crippen LogP) is 7.23. The van der Waals surface area contributed by atoms with Gasteiger partial charge in [0.2, 0.25) is 0 Å². The quantitative estimate of drug-likeness (QED) is 0.201. The molecule has 0 aliphatic carbocycles. The van der Waals surface area contributed by atoms with Crippen molar-refractivity contribution >= 4 is 44.9 Å². The molecule has 0 spiro atoms. The fourth-order valence-corrected chi connectivity index (χ4v) is 5.36. The van der Waals surface area contributed by atoms with Crippen LogP contribution in [0.15, 0.2) is 53.7 Å². The summed E-state index contributed by atoms with van der Waals surface area (Å²) in [6, 6.07) is 16.9. The minimum atomic E-state index is 0.535. The number of rotatable bonds is 4. The maximum atomic E-state index is 6.63. The third-order valence-electron chi connectivity index (χ3n) is 4.67. The van der Waals surface area contributed by atoms with Crippen LogP contribution in [0.3, 0.4) is 0 Å². The van der Waals surface area contributed by atoms with Crippen molar-refractivity contribution in [3.05, 3.63) is 75.3 Å². The van der Waals surface area contributed by atoms with Gasteiger partial charge in [0.15, 0.2) is 5.16 Å². The van der Waals surface area contributed by atoms with E-state index in [0.717, 1.165) is 26.7 Å². The molecule has 2 aromatic carbocycles. The third kappa shape index (κ3) is 3.75. The lowest BCUT2D eigenvalue weighted by Crippen LogP contribution is -1.90. The van der Waals surface area contributed by atoms with Gasteiger partial charge in [-0.15, -0.1) is 11.3 Å². The molecule has 0 aliphatic rings. The van der Waals surface area contributed by atoms with Gasteiger partial charge in [-0.2, -0.15) is 0 Å². The lowest BCUT2D eigenvalue weighted by atomic mass is 9.99. The first-order valence-corrected chi connectivity index (χ1v) is 10.9. The molecule has 2 heterocycles. The van der Waals surface area contributed by atoms with Crippen LogP contribution in [0.25, 0.3) is 21.3 Å². The van der Waals surface area contributed by atoms with E-state index in [9.17, 15) is 0 Å². The van der Waals surface area contributed by atoms with E-state index in [4.69, 9.17) is 16.6 Å². The van der Waals surface area contributed by atoms with Crippen LogP contribution in [-0.4, -0.2) is 9.97 Å². The summed E-state index contributed by atoms with van der Waals surface area (Å²) < 4.78 is 0. The lowest BCUT2D eigenvalue weighted by Gasteiger charge is -2.07. The molecule has 0 unspecified atom stereocenters. The minimum absolute atomic E-state index is 0.535. The number of benzene rings is 2. The Bertz CT molecular complexity index is 1120. The Kier molecular flexibility index (Phi) is 5.22. The first-order valence-electron chi connectivity index (χ1n) is 8.74. The molecule has 27 heavy (non-hydrogen) atoms. The third-order valence-corrected chi connectivity index (χ3v) is 6.86. The highest BCUT2D eigenvalue weighted by Crippen LogP contribution is 2.41. The van der Waals surface area contributed by atoms with Gasteiger partial charge >= 0.3 is 0 Å². The maximum absolute atomic E-state index is 6.63. The largest absolute Gasteiger partial charge is 0.211 e. The van der Waals surface area contributed by atoms with Crippen molar-refractivity contribution < 1.29 is 0 Å². The lowest BCUT2D eigenvalue weighted by molar-refractivity contribution is 1.01. The van der Waals surface area contributed by atoms with E-state index < -0.39 is 0 Å². The second kappa shape index (κ2) is 7.63. The highest BCUT2D eigenvalue weighted by molar-refractivity contribution is 7.98. The van der Waals surface area contributed by atoms with E-state index in [0.29, 0.717) is 5.15 Å². The molecule has 2 aromatic heterocycles. The summed E-state index contributed by atoms with van der Waals surface area (Å²) in [4.78, 5) is 11.5. The Morgan fingerprint density at radius 2 is 1.74 bits per heavy atom. The van der Waals surface area contributed by atoms with Crippen molar-refractivity contribution in [2.45, 2.75) is 31.7 Å². The van der Waals surface area contributed by atoms with E-state index in [1.165, 1.54) is 27.1 Å². The maximum Gasteiger partial charge on any atom is 0.190 e. The number of thioether (sulfide) groups is 1. The molecule has 5 heteroatoms. The van der Waals surface area contributed by atoms with E-state index >= 15 is 0 Å². The molecule has 2 nitrogen and oxygen atoms in total. The van der Waals surface area contributed by atoms with Crippen molar-refractivity contribution in [1.29, 1.82) is 0 Å². The van der Waals surface area contributed by atoms with Crippen molar-refractivity contribution in [2.24, 2.45) is 0 Å². The number of hydrogen-bond donors (Lipinski definition) is 0. The van der Waals surface area contributed by atoms with Gasteiger partial charge in [-0.1, -0.05) is 71.9 Å². The number of thiophene rings is 1. The molecule has 0 bridgehead atoms. The summed E-state index contributed by atoms with van der Waals surface area (Å²) in [5.41, 5.74) is 6.15. The zero-order valence-electron chi connectivity index (χ0n) is 15.4. The molecule has 0 atom stereocenters. The number of halogens is 1. The second-order valence-electron chi connectivity index (χ2n) is 6.58. The van der Waals surface area contributed by atoms with Gasteiger partial charge < -0.3 is 0 Å². The summed E-state index contributed by atoms with van der Waals surface area (Å²) in [5, 5.41) is 2.23. The highest BCUT2D eigenvalue weighted by Gasteiger charge is 2.18. The van der Waals surface area contributed by atoms with Crippen molar-refractivity contribution in [3.8, 4) is 11.1 Å². The van der Waals surface area contributed by atoms with Crippen LogP contribution in [0.5, 0.6) is 0 Å². The molecule has 136 valence electrons. The van der Waals surface area contributed by atoms with Gasteiger partial charge in [0, 0.05) is 16.2 Å². The molecule has 0 amide bonds. The van der Waals surface area contributed by atoms with E-state index in [-0.39, 0.29) is 0 Å². The van der Waals surface area contributed by atoms with Crippen LogP contribution in [0.1, 0.15) is 21.6 Å². The first-order chi connectivity index (χ1) is 13.0. The minimum Gasteiger partial charge on any atom is -0.211 e. The molecular formula is C22H19ClN2S2. The fraction of sp³-hybridized carbons (Fsp3) is 0.182. The fourth-order valence-electron chi connectivity index (χ4n) is 3.08. The topological polar surface area (TPSA) is 25.8 Å². The SMILES string of the molecule is Cc1ccc(-c2c(C)sc3nc(SCc4ccccc4)nc(Cl)c23)cc1C. The van der Waals surface area contributed by atoms with Crippen LogP contribution in [0.2, 0.25) is 5.15 Å². The molecule has 0 radical (unpaired) electrons. The Hall–Kier alpha value is -1.88. The summed E-state index contributed by atoms with van der Waals surface area (Å²) in [5.74, 6) is 0.830. The molecule has 0 fully saturated rings. The van der Waals surface area contributed by atoms with Gasteiger partial charge in [0.1, 0.15) is 9.98 Å². The molecular weight excluding hydrogens is 392 g/mol. The Balaban J connectivity index is 1.73. The van der Waals surface area contributed by atoms with E-state index in [1.807, 2.05) is 18.2 Å². The number of hydrogen-bond acceptors (Lipinski definition) is 4. The van der Waals surface area contributed by atoms with Crippen molar-refractivity contribution in [3.63, 3.8) is 0 Å². The molecule has 4 aromatic rings. The summed E-state index contributed by atoms with van der Waals surface area (Å²) in [7, 11) is 0. The standard InChI is InChI=1S/C22H19ClN2S2/c1-13-9-10-17(11-14(13)2)18-15(3)27-21-19(18)20(23)24-22(25-21)26-12-16-7-5-4-6-8-16/h4-11H,12H2,1-3H3. The second-order valence-corrected chi connectivity index (χ2v) is 9.09. The summed E-state index contributed by atoms with van der Waals surface area (Å²) >= 11 is 9.93. The Morgan fingerprint density at radius 1 is 0.963 bits per heavy atom. The molecule has 0 saturated carbocycles. The van der Waals surface area contributed by atoms with Crippen molar-refractivity contribution in [2.75, 3.05) is 0 Å². The smallest absolute Gasteiger partial charge is 0.190 e. The summed E-state index contributed by atoms with van der Waals surface area (Å²) in [6.07, 6.45) is 0. The average molecular weight is 411 g/mol. The van der Waals surface area contributed by atoms with Crippen molar-refractivity contribution in [1.82, 2.24) is 9.97 Å². The van der Waals surface area contributed by atoms with Crippen LogP contribution >= 0.6 is 34.7 Å². The van der Waals surface area contributed by atoms with Gasteiger partial charge in [0.25, 0.3) is 0 Å². The molecule has 0 N–H and O–H groups in total. The van der Waals surface area contributed by atoms with E-state index in [2.05, 4.69) is 56.1 Å². The number of nitrogens with zero attached hydrogens (tertiary/aromatic N) is 2. The molecule has 4 rings (SSSR count). The van der Waals surface area contributed by atoms with Gasteiger partial charge in [-0.3, -0.25) is 0 Å². The summed E-state index contributed by atoms with van der Waals surface area (Å²) in [6.45, 7) is 6.40. The first kappa shape index (κ1) is 18.5. The monoisotopic (exact) mass is 410 g/mol. The molecule has 0 saturated heterocycles. The van der Waals surface area contributed by atoms with E-state index in [1.54, 1.807) is 23.1 Å². The normalized spacial score (nSPS) is 11.3. The van der Waals surface area contributed by atoms with Gasteiger partial charge in [0.05, 0.1) is 5.39 Å². The number of aromatic nitrogens is 2. The molecule has 0 aliphatic heterocycles. The predicted molar refractivity (Wildman–Crippen MR) is 118 cm³/mol. The number of aryl methyl sites for hydroxylation is 3. The highest BCUT2D eigenvalue weighted by atomic mass is 35.5. The van der Waals surface area contributed by atoms with Crippen LogP contribution in [-0.2, 0) is 5.75 Å². The van der Waals surface area contributed by atoms with Gasteiger partial charge in [-0.25, -0.2) is 9.97 Å². The van der Waals surface area contributed by atoms with Crippen LogP contribution in [0, 0.1) is 20.8 Å². The Labute approximate surface area is 172 Å². The van der Waals surface area contributed by atoms with Crippen LogP contribution in [0.4, 0.5) is 0 Å². The Morgan fingerprint density at radius 3 is 2.48 bits per heavy atom. The van der Waals surface area contributed by atoms with Crippen LogP contribution < -0.4 is 0 Å². The van der Waals surface area contributed by atoms with Gasteiger partial charge in [-0.05, 0) is 43.0 Å². The number of fused-ring (bicyclic) bond motifs is 1.